The van der Waals surface area contributed by atoms with E-state index in [9.17, 15) is 4.79 Å². The average Bonchev–Trinajstić information content (AvgIpc) is 3.34. The Balaban J connectivity index is 1.13. The van der Waals surface area contributed by atoms with E-state index in [1.54, 1.807) is 0 Å². The van der Waals surface area contributed by atoms with Gasteiger partial charge in [0.15, 0.2) is 11.5 Å². The van der Waals surface area contributed by atoms with Crippen molar-refractivity contribution < 1.29 is 14.3 Å². The van der Waals surface area contributed by atoms with E-state index in [1.807, 2.05) is 18.2 Å². The highest BCUT2D eigenvalue weighted by Gasteiger charge is 2.44. The Labute approximate surface area is 177 Å². The van der Waals surface area contributed by atoms with E-state index >= 15 is 0 Å². The summed E-state index contributed by atoms with van der Waals surface area (Å²) in [6.07, 6.45) is 4.12. The highest BCUT2D eigenvalue weighted by atomic mass is 16.7. The van der Waals surface area contributed by atoms with Crippen LogP contribution in [-0.2, 0) is 4.79 Å². The van der Waals surface area contributed by atoms with Crippen LogP contribution in [-0.4, -0.2) is 49.3 Å². The molecule has 2 aliphatic heterocycles. The molecule has 1 amide bonds. The summed E-state index contributed by atoms with van der Waals surface area (Å²) >= 11 is 0. The van der Waals surface area contributed by atoms with Crippen molar-refractivity contribution in [3.63, 3.8) is 0 Å². The summed E-state index contributed by atoms with van der Waals surface area (Å²) in [5.74, 6) is 1.05. The van der Waals surface area contributed by atoms with Crippen molar-refractivity contribution in [3.05, 3.63) is 48.0 Å². The molecule has 158 valence electrons. The van der Waals surface area contributed by atoms with Crippen LogP contribution in [0.1, 0.15) is 31.2 Å². The fourth-order valence-electron chi connectivity index (χ4n) is 4.68. The number of nitrogens with zero attached hydrogens (tertiary/aromatic N) is 2. The number of carbonyl (C=O) groups excluding carboxylic acids is 1. The lowest BCUT2D eigenvalue weighted by atomic mass is 10.2. The second-order valence-electron chi connectivity index (χ2n) is 8.63. The van der Waals surface area contributed by atoms with E-state index in [4.69, 9.17) is 9.47 Å². The minimum atomic E-state index is -0.470. The predicted octanol–water partition coefficient (Wildman–Crippen LogP) is 3.80. The molecule has 30 heavy (non-hydrogen) atoms. The summed E-state index contributed by atoms with van der Waals surface area (Å²) in [5, 5.41) is 3.02. The van der Waals surface area contributed by atoms with Crippen molar-refractivity contribution in [1.29, 1.82) is 0 Å². The van der Waals surface area contributed by atoms with Gasteiger partial charge in [-0.25, -0.2) is 0 Å². The Kier molecular flexibility index (Phi) is 5.03. The van der Waals surface area contributed by atoms with Crippen molar-refractivity contribution >= 4 is 17.3 Å². The van der Waals surface area contributed by atoms with Gasteiger partial charge >= 0.3 is 0 Å². The van der Waals surface area contributed by atoms with Gasteiger partial charge < -0.3 is 19.7 Å². The van der Waals surface area contributed by atoms with E-state index in [0.29, 0.717) is 6.54 Å². The molecular formula is C24H29N3O3. The molecule has 0 bridgehead atoms. The Hall–Kier alpha value is -2.73. The number of hydrogen-bond donors (Lipinski definition) is 1. The quantitative estimate of drug-likeness (QED) is 0.836. The van der Waals surface area contributed by atoms with Crippen molar-refractivity contribution in [2.24, 2.45) is 0 Å². The van der Waals surface area contributed by atoms with Crippen LogP contribution in [0.3, 0.4) is 0 Å². The molecule has 1 aliphatic carbocycles. The number of anilines is 2. The minimum absolute atomic E-state index is 0.00782. The van der Waals surface area contributed by atoms with Gasteiger partial charge in [-0.1, -0.05) is 12.1 Å². The van der Waals surface area contributed by atoms with Crippen LogP contribution in [0.25, 0.3) is 0 Å². The maximum atomic E-state index is 12.6. The number of rotatable bonds is 4. The van der Waals surface area contributed by atoms with Crippen LogP contribution >= 0.6 is 0 Å². The first-order valence-electron chi connectivity index (χ1n) is 10.9. The number of amides is 1. The molecule has 1 spiro atoms. The molecule has 5 rings (SSSR count). The van der Waals surface area contributed by atoms with Gasteiger partial charge in [0, 0.05) is 56.5 Å². The van der Waals surface area contributed by atoms with Gasteiger partial charge in [-0.3, -0.25) is 9.69 Å². The third-order valence-corrected chi connectivity index (χ3v) is 6.29. The fourth-order valence-corrected chi connectivity index (χ4v) is 4.68. The molecule has 0 unspecified atom stereocenters. The van der Waals surface area contributed by atoms with Gasteiger partial charge in [-0.05, 0) is 49.6 Å². The largest absolute Gasteiger partial charge is 0.448 e. The average molecular weight is 408 g/mol. The minimum Gasteiger partial charge on any atom is -0.448 e. The summed E-state index contributed by atoms with van der Waals surface area (Å²) in [7, 11) is 0. The first-order chi connectivity index (χ1) is 14.6. The number of hydrogen-bond acceptors (Lipinski definition) is 5. The molecule has 2 aromatic rings. The lowest BCUT2D eigenvalue weighted by Gasteiger charge is -2.35. The highest BCUT2D eigenvalue weighted by Crippen LogP contribution is 2.47. The molecule has 2 aromatic carbocycles. The van der Waals surface area contributed by atoms with Crippen molar-refractivity contribution in [2.75, 3.05) is 42.9 Å². The lowest BCUT2D eigenvalue weighted by Crippen LogP contribution is -2.48. The van der Waals surface area contributed by atoms with Gasteiger partial charge in [0.2, 0.25) is 5.91 Å². The number of fused-ring (bicyclic) bond motifs is 1. The molecule has 1 saturated heterocycles. The monoisotopic (exact) mass is 407 g/mol. The number of carbonyl (C=O) groups is 1. The molecule has 0 radical (unpaired) electrons. The number of piperazine rings is 1. The van der Waals surface area contributed by atoms with Crippen LogP contribution < -0.4 is 19.7 Å². The van der Waals surface area contributed by atoms with Gasteiger partial charge in [0.1, 0.15) is 0 Å². The zero-order valence-corrected chi connectivity index (χ0v) is 17.5. The Morgan fingerprint density at radius 1 is 1.00 bits per heavy atom. The van der Waals surface area contributed by atoms with Crippen molar-refractivity contribution in [2.45, 2.75) is 38.4 Å². The van der Waals surface area contributed by atoms with Gasteiger partial charge in [0.25, 0.3) is 5.79 Å². The normalized spacial score (nSPS) is 20.0. The Morgan fingerprint density at radius 3 is 2.53 bits per heavy atom. The third-order valence-electron chi connectivity index (χ3n) is 6.29. The smallest absolute Gasteiger partial charge is 0.251 e. The SMILES string of the molecule is Cc1cccc(N2CCN(CC(=O)Nc3ccc4c(c3)OC3(CCCC3)O4)CC2)c1. The predicted molar refractivity (Wildman–Crippen MR) is 117 cm³/mol. The molecule has 0 aromatic heterocycles. The first kappa shape index (κ1) is 19.2. The van der Waals surface area contributed by atoms with E-state index in [2.05, 4.69) is 46.3 Å². The van der Waals surface area contributed by atoms with Crippen LogP contribution in [0.15, 0.2) is 42.5 Å². The summed E-state index contributed by atoms with van der Waals surface area (Å²) in [6, 6.07) is 14.3. The van der Waals surface area contributed by atoms with Gasteiger partial charge in [0.05, 0.1) is 6.54 Å². The molecule has 1 N–H and O–H groups in total. The van der Waals surface area contributed by atoms with Crippen LogP contribution in [0.5, 0.6) is 11.5 Å². The fraction of sp³-hybridized carbons (Fsp3) is 0.458. The zero-order valence-electron chi connectivity index (χ0n) is 17.5. The molecule has 2 fully saturated rings. The molecule has 6 nitrogen and oxygen atoms in total. The highest BCUT2D eigenvalue weighted by molar-refractivity contribution is 5.92. The molecule has 2 heterocycles. The Morgan fingerprint density at radius 2 is 1.77 bits per heavy atom. The summed E-state index contributed by atoms with van der Waals surface area (Å²) in [6.45, 7) is 6.15. The van der Waals surface area contributed by atoms with Crippen LogP contribution in [0.4, 0.5) is 11.4 Å². The molecule has 6 heteroatoms. The maximum absolute atomic E-state index is 12.6. The topological polar surface area (TPSA) is 54.0 Å². The van der Waals surface area contributed by atoms with E-state index in [-0.39, 0.29) is 5.91 Å². The van der Waals surface area contributed by atoms with Gasteiger partial charge in [-0.2, -0.15) is 0 Å². The summed E-state index contributed by atoms with van der Waals surface area (Å²) in [4.78, 5) is 17.2. The molecule has 3 aliphatic rings. The van der Waals surface area contributed by atoms with Crippen molar-refractivity contribution in [1.82, 2.24) is 4.90 Å². The Bertz CT molecular complexity index is 931. The standard InChI is InChI=1S/C24H29N3O3/c1-18-5-4-6-20(15-18)27-13-11-26(12-14-27)17-23(28)25-19-7-8-21-22(16-19)30-24(29-21)9-2-3-10-24/h4-8,15-16H,2-3,9-14,17H2,1H3,(H,25,28). The molecule has 0 atom stereocenters. The molecular weight excluding hydrogens is 378 g/mol. The number of nitrogens with one attached hydrogen (secondary N) is 1. The van der Waals surface area contributed by atoms with E-state index in [0.717, 1.165) is 69.0 Å². The second kappa shape index (κ2) is 7.84. The summed E-state index contributed by atoms with van der Waals surface area (Å²) in [5.41, 5.74) is 3.30. The second-order valence-corrected chi connectivity index (χ2v) is 8.63. The third kappa shape index (κ3) is 3.97. The zero-order chi connectivity index (χ0) is 20.6. The van der Waals surface area contributed by atoms with Gasteiger partial charge in [-0.15, -0.1) is 0 Å². The lowest BCUT2D eigenvalue weighted by molar-refractivity contribution is -0.117. The van der Waals surface area contributed by atoms with Crippen molar-refractivity contribution in [3.8, 4) is 11.5 Å². The number of ether oxygens (including phenoxy) is 2. The van der Waals surface area contributed by atoms with Crippen LogP contribution in [0, 0.1) is 6.92 Å². The molecule has 1 saturated carbocycles. The van der Waals surface area contributed by atoms with E-state index in [1.165, 1.54) is 11.3 Å². The van der Waals surface area contributed by atoms with E-state index < -0.39 is 5.79 Å². The maximum Gasteiger partial charge on any atom is 0.251 e. The summed E-state index contributed by atoms with van der Waals surface area (Å²) < 4.78 is 12.1. The first-order valence-corrected chi connectivity index (χ1v) is 10.9. The number of aryl methyl sites for hydroxylation is 1. The van der Waals surface area contributed by atoms with Crippen LogP contribution in [0.2, 0.25) is 0 Å². The number of benzene rings is 2.